The molecule has 4 nitrogen and oxygen atoms in total. The molecule has 1 rings (SSSR count). The molecule has 1 saturated heterocycles. The van der Waals surface area contributed by atoms with Crippen LogP contribution in [0.3, 0.4) is 0 Å². The van der Waals surface area contributed by atoms with Crippen LogP contribution in [0.1, 0.15) is 12.8 Å². The van der Waals surface area contributed by atoms with Gasteiger partial charge in [-0.15, -0.1) is 0 Å². The van der Waals surface area contributed by atoms with Crippen LogP contribution < -0.4 is 11.5 Å². The van der Waals surface area contributed by atoms with Gasteiger partial charge in [0.05, 0.1) is 11.5 Å². The summed E-state index contributed by atoms with van der Waals surface area (Å²) in [5.74, 6) is 0.503. The zero-order valence-corrected chi connectivity index (χ0v) is 7.94. The zero-order chi connectivity index (χ0) is 9.24. The SMILES string of the molecule is NCC1(CN)CCS(=O)(=O)CC1. The van der Waals surface area contributed by atoms with Crippen LogP contribution in [0, 0.1) is 5.41 Å². The predicted octanol–water partition coefficient (Wildman–Crippen LogP) is -0.901. The maximum Gasteiger partial charge on any atom is 0.150 e. The molecule has 0 unspecified atom stereocenters. The van der Waals surface area contributed by atoms with Gasteiger partial charge in [0, 0.05) is 0 Å². The Morgan fingerprint density at radius 1 is 1.08 bits per heavy atom. The summed E-state index contributed by atoms with van der Waals surface area (Å²) in [6.07, 6.45) is 1.25. The van der Waals surface area contributed by atoms with E-state index < -0.39 is 9.84 Å². The molecule has 0 saturated carbocycles. The van der Waals surface area contributed by atoms with Crippen molar-refractivity contribution in [2.24, 2.45) is 16.9 Å². The molecule has 12 heavy (non-hydrogen) atoms. The normalized spacial score (nSPS) is 26.8. The second-order valence-corrected chi connectivity index (χ2v) is 5.86. The summed E-state index contributed by atoms with van der Waals surface area (Å²) in [5.41, 5.74) is 11.0. The Kier molecular flexibility index (Phi) is 2.75. The van der Waals surface area contributed by atoms with Gasteiger partial charge in [-0.2, -0.15) is 0 Å². The molecular weight excluding hydrogens is 176 g/mol. The van der Waals surface area contributed by atoms with Crippen LogP contribution >= 0.6 is 0 Å². The quantitative estimate of drug-likeness (QED) is 0.593. The Balaban J connectivity index is 2.66. The van der Waals surface area contributed by atoms with Crippen LogP contribution in [-0.2, 0) is 9.84 Å². The Morgan fingerprint density at radius 3 is 1.83 bits per heavy atom. The largest absolute Gasteiger partial charge is 0.330 e. The first kappa shape index (κ1) is 9.95. The summed E-state index contributed by atoms with van der Waals surface area (Å²) in [7, 11) is -2.79. The van der Waals surface area contributed by atoms with Crippen molar-refractivity contribution in [2.75, 3.05) is 24.6 Å². The highest BCUT2D eigenvalue weighted by molar-refractivity contribution is 7.91. The summed E-state index contributed by atoms with van der Waals surface area (Å²) in [5, 5.41) is 0. The molecule has 0 spiro atoms. The van der Waals surface area contributed by atoms with E-state index in [2.05, 4.69) is 0 Å². The van der Waals surface area contributed by atoms with Crippen molar-refractivity contribution >= 4 is 9.84 Å². The maximum atomic E-state index is 11.1. The Bertz CT molecular complexity index is 228. The van der Waals surface area contributed by atoms with Gasteiger partial charge in [0.2, 0.25) is 0 Å². The molecule has 1 aliphatic heterocycles. The van der Waals surface area contributed by atoms with Gasteiger partial charge in [-0.05, 0) is 31.3 Å². The lowest BCUT2D eigenvalue weighted by molar-refractivity contribution is 0.277. The lowest BCUT2D eigenvalue weighted by atomic mass is 9.82. The summed E-state index contributed by atoms with van der Waals surface area (Å²) >= 11 is 0. The third kappa shape index (κ3) is 1.97. The summed E-state index contributed by atoms with van der Waals surface area (Å²) in [6.45, 7) is 0.998. The monoisotopic (exact) mass is 192 g/mol. The highest BCUT2D eigenvalue weighted by Crippen LogP contribution is 2.29. The molecule has 5 heteroatoms. The minimum Gasteiger partial charge on any atom is -0.330 e. The van der Waals surface area contributed by atoms with Crippen LogP contribution in [0.4, 0.5) is 0 Å². The second kappa shape index (κ2) is 3.32. The van der Waals surface area contributed by atoms with E-state index in [-0.39, 0.29) is 16.9 Å². The number of hydrogen-bond acceptors (Lipinski definition) is 4. The molecule has 0 atom stereocenters. The highest BCUT2D eigenvalue weighted by Gasteiger charge is 2.34. The number of nitrogens with two attached hydrogens (primary N) is 2. The van der Waals surface area contributed by atoms with E-state index in [4.69, 9.17) is 11.5 Å². The van der Waals surface area contributed by atoms with Crippen molar-refractivity contribution < 1.29 is 8.42 Å². The lowest BCUT2D eigenvalue weighted by Crippen LogP contribution is -2.44. The van der Waals surface area contributed by atoms with Gasteiger partial charge in [0.15, 0.2) is 0 Å². The van der Waals surface area contributed by atoms with E-state index in [1.807, 2.05) is 0 Å². The molecular formula is C7H16N2O2S. The average Bonchev–Trinajstić information content (AvgIpc) is 2.06. The molecule has 0 radical (unpaired) electrons. The Labute approximate surface area is 73.2 Å². The van der Waals surface area contributed by atoms with E-state index in [1.54, 1.807) is 0 Å². The number of sulfone groups is 1. The van der Waals surface area contributed by atoms with Gasteiger partial charge >= 0.3 is 0 Å². The fraction of sp³-hybridized carbons (Fsp3) is 1.00. The van der Waals surface area contributed by atoms with Crippen molar-refractivity contribution in [3.63, 3.8) is 0 Å². The fourth-order valence-corrected chi connectivity index (χ4v) is 3.15. The van der Waals surface area contributed by atoms with Gasteiger partial charge in [-0.3, -0.25) is 0 Å². The molecule has 1 fully saturated rings. The average molecular weight is 192 g/mol. The first-order valence-electron chi connectivity index (χ1n) is 4.14. The van der Waals surface area contributed by atoms with E-state index in [0.29, 0.717) is 25.9 Å². The summed E-state index contributed by atoms with van der Waals surface area (Å²) in [6, 6.07) is 0. The molecule has 0 amide bonds. The third-order valence-corrected chi connectivity index (χ3v) is 4.41. The molecule has 0 aromatic heterocycles. The van der Waals surface area contributed by atoms with Crippen LogP contribution in [0.2, 0.25) is 0 Å². The van der Waals surface area contributed by atoms with Crippen LogP contribution in [0.25, 0.3) is 0 Å². The molecule has 0 bridgehead atoms. The van der Waals surface area contributed by atoms with E-state index in [1.165, 1.54) is 0 Å². The van der Waals surface area contributed by atoms with Crippen LogP contribution in [0.5, 0.6) is 0 Å². The van der Waals surface area contributed by atoms with Gasteiger partial charge in [0.1, 0.15) is 9.84 Å². The third-order valence-electron chi connectivity index (χ3n) is 2.75. The predicted molar refractivity (Wildman–Crippen MR) is 48.4 cm³/mol. The minimum atomic E-state index is -2.79. The fourth-order valence-electron chi connectivity index (χ4n) is 1.46. The standard InChI is InChI=1S/C7H16N2O2S/c8-5-7(6-9)1-3-12(10,11)4-2-7/h1-6,8-9H2. The molecule has 0 aromatic carbocycles. The smallest absolute Gasteiger partial charge is 0.150 e. The van der Waals surface area contributed by atoms with Crippen molar-refractivity contribution in [1.29, 1.82) is 0 Å². The molecule has 1 heterocycles. The van der Waals surface area contributed by atoms with E-state index in [0.717, 1.165) is 0 Å². The lowest BCUT2D eigenvalue weighted by Gasteiger charge is -2.34. The summed E-state index contributed by atoms with van der Waals surface area (Å²) < 4.78 is 22.2. The molecule has 0 aromatic rings. The van der Waals surface area contributed by atoms with Gasteiger partial charge in [-0.25, -0.2) is 8.42 Å². The van der Waals surface area contributed by atoms with Crippen molar-refractivity contribution in [3.05, 3.63) is 0 Å². The second-order valence-electron chi connectivity index (χ2n) is 3.56. The first-order chi connectivity index (χ1) is 5.54. The number of hydrogen-bond donors (Lipinski definition) is 2. The number of rotatable bonds is 2. The molecule has 1 aliphatic rings. The minimum absolute atomic E-state index is 0.106. The van der Waals surface area contributed by atoms with Gasteiger partial charge < -0.3 is 11.5 Å². The zero-order valence-electron chi connectivity index (χ0n) is 7.12. The topological polar surface area (TPSA) is 86.2 Å². The van der Waals surface area contributed by atoms with Crippen LogP contribution in [0.15, 0.2) is 0 Å². The summed E-state index contributed by atoms with van der Waals surface area (Å²) in [4.78, 5) is 0. The van der Waals surface area contributed by atoms with Crippen molar-refractivity contribution in [1.82, 2.24) is 0 Å². The van der Waals surface area contributed by atoms with E-state index in [9.17, 15) is 8.42 Å². The highest BCUT2D eigenvalue weighted by atomic mass is 32.2. The Morgan fingerprint density at radius 2 is 1.50 bits per heavy atom. The van der Waals surface area contributed by atoms with Gasteiger partial charge in [-0.1, -0.05) is 0 Å². The molecule has 4 N–H and O–H groups in total. The van der Waals surface area contributed by atoms with E-state index >= 15 is 0 Å². The molecule has 72 valence electrons. The maximum absolute atomic E-state index is 11.1. The Hall–Kier alpha value is -0.130. The molecule has 0 aliphatic carbocycles. The van der Waals surface area contributed by atoms with Crippen molar-refractivity contribution in [3.8, 4) is 0 Å². The van der Waals surface area contributed by atoms with Crippen molar-refractivity contribution in [2.45, 2.75) is 12.8 Å². The first-order valence-corrected chi connectivity index (χ1v) is 5.96. The van der Waals surface area contributed by atoms with Crippen LogP contribution in [-0.4, -0.2) is 33.0 Å². The van der Waals surface area contributed by atoms with Gasteiger partial charge in [0.25, 0.3) is 0 Å².